The minimum absolute atomic E-state index is 0.0496. The molecule has 1 saturated carbocycles. The summed E-state index contributed by atoms with van der Waals surface area (Å²) in [6.07, 6.45) is 2.54. The molecule has 6 heteroatoms. The number of benzene rings is 1. The summed E-state index contributed by atoms with van der Waals surface area (Å²) in [7, 11) is 0. The molecule has 0 radical (unpaired) electrons. The van der Waals surface area contributed by atoms with Crippen molar-refractivity contribution in [3.63, 3.8) is 0 Å². The fraction of sp³-hybridized carbons (Fsp3) is 0.375. The molecule has 1 fully saturated rings. The van der Waals surface area contributed by atoms with Crippen molar-refractivity contribution in [2.45, 2.75) is 38.8 Å². The van der Waals surface area contributed by atoms with E-state index in [0.717, 1.165) is 39.9 Å². The third kappa shape index (κ3) is 4.21. The van der Waals surface area contributed by atoms with E-state index in [-0.39, 0.29) is 5.91 Å². The van der Waals surface area contributed by atoms with Crippen LogP contribution in [0.2, 0.25) is 5.02 Å². The lowest BCUT2D eigenvalue weighted by atomic mass is 10.2. The van der Waals surface area contributed by atoms with Crippen LogP contribution in [0.1, 0.15) is 29.1 Å². The molecule has 0 aliphatic heterocycles. The van der Waals surface area contributed by atoms with Crippen LogP contribution in [0.3, 0.4) is 0 Å². The molecule has 0 spiro atoms. The van der Waals surface area contributed by atoms with Crippen LogP contribution < -0.4 is 10.1 Å². The van der Waals surface area contributed by atoms with Gasteiger partial charge in [-0.2, -0.15) is 0 Å². The molecule has 1 aliphatic rings. The van der Waals surface area contributed by atoms with E-state index in [9.17, 15) is 4.79 Å². The molecule has 116 valence electrons. The van der Waals surface area contributed by atoms with E-state index in [2.05, 4.69) is 10.3 Å². The van der Waals surface area contributed by atoms with E-state index in [0.29, 0.717) is 19.1 Å². The number of thiazole rings is 1. The third-order valence-corrected chi connectivity index (χ3v) is 4.67. The van der Waals surface area contributed by atoms with Gasteiger partial charge >= 0.3 is 0 Å². The van der Waals surface area contributed by atoms with Crippen molar-refractivity contribution in [1.29, 1.82) is 0 Å². The average molecular weight is 337 g/mol. The number of carbonyl (C=O) groups is 1. The first-order valence-corrected chi connectivity index (χ1v) is 8.47. The number of nitrogens with one attached hydrogen (secondary N) is 1. The molecule has 0 bridgehead atoms. The predicted octanol–water partition coefficient (Wildman–Crippen LogP) is 3.51. The van der Waals surface area contributed by atoms with Gasteiger partial charge in [-0.3, -0.25) is 4.79 Å². The molecule has 1 heterocycles. The first-order valence-electron chi connectivity index (χ1n) is 7.22. The minimum Gasteiger partial charge on any atom is -0.486 e. The molecule has 0 unspecified atom stereocenters. The SMILES string of the molecule is Cc1cc(OCc2nc(CC(=O)NC3CC3)cs2)ccc1Cl. The maximum Gasteiger partial charge on any atom is 0.226 e. The zero-order valence-electron chi connectivity index (χ0n) is 12.3. The van der Waals surface area contributed by atoms with Crippen LogP contribution in [-0.4, -0.2) is 16.9 Å². The Morgan fingerprint density at radius 1 is 1.50 bits per heavy atom. The van der Waals surface area contributed by atoms with E-state index >= 15 is 0 Å². The third-order valence-electron chi connectivity index (χ3n) is 3.38. The van der Waals surface area contributed by atoms with Crippen molar-refractivity contribution in [2.75, 3.05) is 0 Å². The topological polar surface area (TPSA) is 51.2 Å². The van der Waals surface area contributed by atoms with Crippen LogP contribution in [-0.2, 0) is 17.8 Å². The van der Waals surface area contributed by atoms with Gasteiger partial charge in [-0.1, -0.05) is 11.6 Å². The van der Waals surface area contributed by atoms with Crippen LogP contribution in [0.25, 0.3) is 0 Å². The van der Waals surface area contributed by atoms with Crippen LogP contribution >= 0.6 is 22.9 Å². The monoisotopic (exact) mass is 336 g/mol. The standard InChI is InChI=1S/C16H17ClN2O2S/c1-10-6-13(4-5-14(10)17)21-8-16-19-12(9-22-16)7-15(20)18-11-2-3-11/h4-6,9,11H,2-3,7-8H2,1H3,(H,18,20). The number of amides is 1. The lowest BCUT2D eigenvalue weighted by Crippen LogP contribution is -2.27. The Morgan fingerprint density at radius 3 is 3.05 bits per heavy atom. The number of nitrogens with zero attached hydrogens (tertiary/aromatic N) is 1. The quantitative estimate of drug-likeness (QED) is 0.878. The average Bonchev–Trinajstić information content (AvgIpc) is 3.18. The summed E-state index contributed by atoms with van der Waals surface area (Å²) in [5.41, 5.74) is 1.78. The molecule has 22 heavy (non-hydrogen) atoms. The Bertz CT molecular complexity index is 683. The van der Waals surface area contributed by atoms with Gasteiger partial charge in [-0.25, -0.2) is 4.98 Å². The van der Waals surface area contributed by atoms with Gasteiger partial charge in [0.05, 0.1) is 12.1 Å². The van der Waals surface area contributed by atoms with Crippen LogP contribution in [0.15, 0.2) is 23.6 Å². The second kappa shape index (κ2) is 6.67. The molecular weight excluding hydrogens is 320 g/mol. The van der Waals surface area contributed by atoms with Gasteiger partial charge in [0.2, 0.25) is 5.91 Å². The Morgan fingerprint density at radius 2 is 2.32 bits per heavy atom. The first kappa shape index (κ1) is 15.3. The highest BCUT2D eigenvalue weighted by Gasteiger charge is 2.23. The van der Waals surface area contributed by atoms with E-state index < -0.39 is 0 Å². The summed E-state index contributed by atoms with van der Waals surface area (Å²) >= 11 is 7.50. The molecule has 1 aromatic heterocycles. The van der Waals surface area contributed by atoms with Crippen molar-refractivity contribution < 1.29 is 9.53 Å². The number of carbonyl (C=O) groups excluding carboxylic acids is 1. The summed E-state index contributed by atoms with van der Waals surface area (Å²) in [6, 6.07) is 5.95. The number of halogens is 1. The highest BCUT2D eigenvalue weighted by Crippen LogP contribution is 2.22. The van der Waals surface area contributed by atoms with Crippen molar-refractivity contribution in [3.05, 3.63) is 44.9 Å². The summed E-state index contributed by atoms with van der Waals surface area (Å²) in [4.78, 5) is 16.2. The van der Waals surface area contributed by atoms with Crippen molar-refractivity contribution >= 4 is 28.8 Å². The normalized spacial score (nSPS) is 13.9. The van der Waals surface area contributed by atoms with Gasteiger partial charge in [0.15, 0.2) is 0 Å². The fourth-order valence-corrected chi connectivity index (χ4v) is 2.84. The van der Waals surface area contributed by atoms with E-state index in [1.807, 2.05) is 30.5 Å². The van der Waals surface area contributed by atoms with Gasteiger partial charge in [0, 0.05) is 16.4 Å². The number of hydrogen-bond donors (Lipinski definition) is 1. The highest BCUT2D eigenvalue weighted by atomic mass is 35.5. The Kier molecular flexibility index (Phi) is 4.64. The van der Waals surface area contributed by atoms with Crippen LogP contribution in [0, 0.1) is 6.92 Å². The molecule has 2 aromatic rings. The molecule has 1 aliphatic carbocycles. The van der Waals surface area contributed by atoms with Crippen molar-refractivity contribution in [3.8, 4) is 5.75 Å². The fourth-order valence-electron chi connectivity index (χ4n) is 2.02. The molecule has 0 atom stereocenters. The Labute approximate surface area is 138 Å². The Balaban J connectivity index is 1.52. The zero-order chi connectivity index (χ0) is 15.5. The van der Waals surface area contributed by atoms with E-state index in [4.69, 9.17) is 16.3 Å². The summed E-state index contributed by atoms with van der Waals surface area (Å²) in [5, 5.41) is 6.47. The number of aromatic nitrogens is 1. The van der Waals surface area contributed by atoms with Gasteiger partial charge in [0.25, 0.3) is 0 Å². The largest absolute Gasteiger partial charge is 0.486 e. The molecule has 1 N–H and O–H groups in total. The highest BCUT2D eigenvalue weighted by molar-refractivity contribution is 7.09. The smallest absolute Gasteiger partial charge is 0.226 e. The molecule has 1 amide bonds. The van der Waals surface area contributed by atoms with E-state index in [1.54, 1.807) is 0 Å². The van der Waals surface area contributed by atoms with Gasteiger partial charge in [0.1, 0.15) is 17.4 Å². The molecular formula is C16H17ClN2O2S. The van der Waals surface area contributed by atoms with Gasteiger partial charge < -0.3 is 10.1 Å². The number of aryl methyl sites for hydroxylation is 1. The minimum atomic E-state index is 0.0496. The number of hydrogen-bond acceptors (Lipinski definition) is 4. The number of rotatable bonds is 6. The predicted molar refractivity (Wildman–Crippen MR) is 87.5 cm³/mol. The second-order valence-electron chi connectivity index (χ2n) is 5.45. The maximum absolute atomic E-state index is 11.7. The van der Waals surface area contributed by atoms with Gasteiger partial charge in [-0.15, -0.1) is 11.3 Å². The van der Waals surface area contributed by atoms with Crippen LogP contribution in [0.5, 0.6) is 5.75 Å². The molecule has 1 aromatic carbocycles. The van der Waals surface area contributed by atoms with Crippen LogP contribution in [0.4, 0.5) is 0 Å². The van der Waals surface area contributed by atoms with E-state index in [1.165, 1.54) is 11.3 Å². The molecule has 4 nitrogen and oxygen atoms in total. The van der Waals surface area contributed by atoms with Crippen molar-refractivity contribution in [2.24, 2.45) is 0 Å². The zero-order valence-corrected chi connectivity index (χ0v) is 13.8. The Hall–Kier alpha value is -1.59. The molecule has 0 saturated heterocycles. The first-order chi connectivity index (χ1) is 10.6. The lowest BCUT2D eigenvalue weighted by Gasteiger charge is -2.05. The summed E-state index contributed by atoms with van der Waals surface area (Å²) in [6.45, 7) is 2.34. The number of ether oxygens (including phenoxy) is 1. The van der Waals surface area contributed by atoms with Crippen molar-refractivity contribution in [1.82, 2.24) is 10.3 Å². The molecule has 3 rings (SSSR count). The van der Waals surface area contributed by atoms with Gasteiger partial charge in [-0.05, 0) is 43.5 Å². The summed E-state index contributed by atoms with van der Waals surface area (Å²) < 4.78 is 5.71. The maximum atomic E-state index is 11.7. The summed E-state index contributed by atoms with van der Waals surface area (Å²) in [5.74, 6) is 0.818. The second-order valence-corrected chi connectivity index (χ2v) is 6.80. The lowest BCUT2D eigenvalue weighted by molar-refractivity contribution is -0.120.